The molecule has 3 aromatic carbocycles. The minimum Gasteiger partial charge on any atom is -0.378 e. The maximum atomic E-state index is 6.02. The Labute approximate surface area is 190 Å². The van der Waals surface area contributed by atoms with E-state index < -0.39 is 5.72 Å². The van der Waals surface area contributed by atoms with E-state index in [1.54, 1.807) is 0 Å². The summed E-state index contributed by atoms with van der Waals surface area (Å²) < 4.78 is 0. The highest BCUT2D eigenvalue weighted by molar-refractivity contribution is 5.99. The zero-order valence-corrected chi connectivity index (χ0v) is 18.8. The van der Waals surface area contributed by atoms with Gasteiger partial charge in [0.15, 0.2) is 11.6 Å². The average molecular weight is 427 g/mol. The molecule has 1 saturated heterocycles. The summed E-state index contributed by atoms with van der Waals surface area (Å²) in [4.78, 5) is 15.6. The number of amidine groups is 1. The van der Waals surface area contributed by atoms with E-state index in [4.69, 9.17) is 9.83 Å². The van der Waals surface area contributed by atoms with Crippen molar-refractivity contribution in [2.75, 3.05) is 32.1 Å². The third-order valence-electron chi connectivity index (χ3n) is 6.39. The first-order valence-corrected chi connectivity index (χ1v) is 11.3. The van der Waals surface area contributed by atoms with Crippen LogP contribution in [0.5, 0.6) is 0 Å². The fourth-order valence-corrected chi connectivity index (χ4v) is 4.42. The number of benzene rings is 3. The van der Waals surface area contributed by atoms with E-state index in [1.165, 1.54) is 22.4 Å². The van der Waals surface area contributed by atoms with Crippen LogP contribution in [-0.4, -0.2) is 43.6 Å². The lowest BCUT2D eigenvalue weighted by Gasteiger charge is -2.35. The van der Waals surface area contributed by atoms with Gasteiger partial charge in [-0.25, -0.2) is 15.3 Å². The van der Waals surface area contributed by atoms with Gasteiger partial charge in [0, 0.05) is 57.8 Å². The third-order valence-corrected chi connectivity index (χ3v) is 6.39. The average Bonchev–Trinajstić information content (AvgIpc) is 3.25. The molecule has 0 radical (unpaired) electrons. The minimum absolute atomic E-state index is 0.443. The monoisotopic (exact) mass is 426 g/mol. The second-order valence-corrected chi connectivity index (χ2v) is 8.89. The largest absolute Gasteiger partial charge is 0.378 e. The van der Waals surface area contributed by atoms with Gasteiger partial charge in [-0.15, -0.1) is 0 Å². The number of anilines is 1. The Bertz CT molecular complexity index is 1080. The molecule has 0 aromatic heterocycles. The first kappa shape index (κ1) is 20.7. The van der Waals surface area contributed by atoms with E-state index >= 15 is 0 Å². The van der Waals surface area contributed by atoms with E-state index in [-0.39, 0.29) is 0 Å². The van der Waals surface area contributed by atoms with Gasteiger partial charge in [-0.05, 0) is 28.8 Å². The molecule has 0 atom stereocenters. The highest BCUT2D eigenvalue weighted by Crippen LogP contribution is 2.32. The van der Waals surface area contributed by atoms with Crippen LogP contribution in [0.3, 0.4) is 0 Å². The van der Waals surface area contributed by atoms with Crippen molar-refractivity contribution in [1.82, 2.24) is 10.4 Å². The molecule has 2 heterocycles. The second kappa shape index (κ2) is 8.77. The van der Waals surface area contributed by atoms with Gasteiger partial charge >= 0.3 is 0 Å². The van der Waals surface area contributed by atoms with Crippen molar-refractivity contribution in [2.45, 2.75) is 25.1 Å². The molecule has 0 bridgehead atoms. The molecule has 5 rings (SSSR count). The first-order chi connectivity index (χ1) is 15.6. The number of hydrogen-bond acceptors (Lipinski definition) is 5. The molecule has 5 heteroatoms. The summed E-state index contributed by atoms with van der Waals surface area (Å²) in [6.07, 6.45) is 1.79. The molecule has 0 saturated carbocycles. The summed E-state index contributed by atoms with van der Waals surface area (Å²) in [5.41, 5.74) is 8.68. The number of likely N-dealkylation sites (tertiary alicyclic amines) is 1. The Morgan fingerprint density at radius 1 is 0.875 bits per heavy atom. The number of hydroxylamine groups is 1. The van der Waals surface area contributed by atoms with Crippen molar-refractivity contribution in [1.29, 1.82) is 0 Å². The van der Waals surface area contributed by atoms with Crippen LogP contribution in [0.2, 0.25) is 0 Å². The lowest BCUT2D eigenvalue weighted by atomic mass is 10.00. The molecule has 3 aromatic rings. The molecular weight excluding hydrogens is 396 g/mol. The topological polar surface area (TPSA) is 40.1 Å². The molecule has 5 nitrogen and oxygen atoms in total. The molecule has 1 fully saturated rings. The van der Waals surface area contributed by atoms with Gasteiger partial charge < -0.3 is 4.90 Å². The van der Waals surface area contributed by atoms with Gasteiger partial charge in [0.1, 0.15) is 0 Å². The van der Waals surface area contributed by atoms with Crippen LogP contribution in [0.15, 0.2) is 83.9 Å². The van der Waals surface area contributed by atoms with Crippen LogP contribution in [0.1, 0.15) is 24.0 Å². The molecule has 2 aliphatic rings. The van der Waals surface area contributed by atoms with Crippen LogP contribution >= 0.6 is 0 Å². The predicted molar refractivity (Wildman–Crippen MR) is 131 cm³/mol. The lowest BCUT2D eigenvalue weighted by molar-refractivity contribution is -0.0901. The van der Waals surface area contributed by atoms with Crippen LogP contribution in [0, 0.1) is 0 Å². The number of aliphatic imine (C=N–C) groups is 1. The Hall–Kier alpha value is -3.15. The molecular formula is C27H30N4O. The first-order valence-electron chi connectivity index (χ1n) is 11.3. The van der Waals surface area contributed by atoms with Gasteiger partial charge in [-0.3, -0.25) is 4.90 Å². The van der Waals surface area contributed by atoms with Crippen molar-refractivity contribution in [3.8, 4) is 11.1 Å². The number of rotatable bonds is 5. The van der Waals surface area contributed by atoms with E-state index in [0.717, 1.165) is 43.9 Å². The minimum atomic E-state index is -0.443. The zero-order chi connectivity index (χ0) is 22.0. The van der Waals surface area contributed by atoms with Gasteiger partial charge in [-0.1, -0.05) is 66.7 Å². The molecule has 164 valence electrons. The van der Waals surface area contributed by atoms with Crippen molar-refractivity contribution in [2.24, 2.45) is 4.99 Å². The Morgan fingerprint density at radius 2 is 1.59 bits per heavy atom. The maximum Gasteiger partial charge on any atom is 0.190 e. The van der Waals surface area contributed by atoms with Crippen LogP contribution in [0.25, 0.3) is 11.1 Å². The fraction of sp³-hybridized carbons (Fsp3) is 0.296. The number of hydrogen-bond donors (Lipinski definition) is 1. The summed E-state index contributed by atoms with van der Waals surface area (Å²) in [7, 11) is 4.13. The smallest absolute Gasteiger partial charge is 0.190 e. The standard InChI is InChI=1S/C27H30N4O/c1-30(2)25-10-6-9-24(19-25)22-11-13-23(14-12-22)26-28-27(32-29-26)15-17-31(18-16-27)20-21-7-4-3-5-8-21/h3-14,19H,15-18,20H2,1-2H3,(H,28,29). The van der Waals surface area contributed by atoms with Crippen molar-refractivity contribution < 1.29 is 4.84 Å². The summed E-state index contributed by atoms with van der Waals surface area (Å²) in [6.45, 7) is 2.94. The fourth-order valence-electron chi connectivity index (χ4n) is 4.42. The van der Waals surface area contributed by atoms with Gasteiger partial charge in [0.25, 0.3) is 0 Å². The van der Waals surface area contributed by atoms with E-state index in [2.05, 4.69) is 108 Å². The van der Waals surface area contributed by atoms with Gasteiger partial charge in [-0.2, -0.15) is 0 Å². The van der Waals surface area contributed by atoms with Gasteiger partial charge in [0.2, 0.25) is 0 Å². The van der Waals surface area contributed by atoms with E-state index in [1.807, 2.05) is 0 Å². The molecule has 0 aliphatic carbocycles. The summed E-state index contributed by atoms with van der Waals surface area (Å²) in [6, 6.07) is 27.8. The summed E-state index contributed by atoms with van der Waals surface area (Å²) in [5.74, 6) is 0.829. The Balaban J connectivity index is 1.25. The SMILES string of the molecule is CN(C)c1cccc(-c2ccc(C3=NC4(CCN(Cc5ccccc5)CC4)ON3)cc2)c1. The molecule has 2 aliphatic heterocycles. The van der Waals surface area contributed by atoms with Crippen molar-refractivity contribution in [3.05, 3.63) is 90.0 Å². The van der Waals surface area contributed by atoms with Crippen LogP contribution in [-0.2, 0) is 11.4 Å². The van der Waals surface area contributed by atoms with E-state index in [9.17, 15) is 0 Å². The Morgan fingerprint density at radius 3 is 2.31 bits per heavy atom. The normalized spacial score (nSPS) is 17.8. The van der Waals surface area contributed by atoms with Crippen LogP contribution < -0.4 is 10.4 Å². The zero-order valence-electron chi connectivity index (χ0n) is 18.8. The quantitative estimate of drug-likeness (QED) is 0.642. The molecule has 1 N–H and O–H groups in total. The third kappa shape index (κ3) is 4.40. The maximum absolute atomic E-state index is 6.02. The number of nitrogens with one attached hydrogen (secondary N) is 1. The van der Waals surface area contributed by atoms with E-state index in [0.29, 0.717) is 0 Å². The highest BCUT2D eigenvalue weighted by atomic mass is 16.7. The Kier molecular flexibility index (Phi) is 5.68. The summed E-state index contributed by atoms with van der Waals surface area (Å²) >= 11 is 0. The molecule has 1 spiro atoms. The lowest BCUT2D eigenvalue weighted by Crippen LogP contribution is -2.44. The molecule has 0 unspecified atom stereocenters. The van der Waals surface area contributed by atoms with Crippen molar-refractivity contribution in [3.63, 3.8) is 0 Å². The van der Waals surface area contributed by atoms with Crippen molar-refractivity contribution >= 4 is 11.5 Å². The number of piperidine rings is 1. The molecule has 0 amide bonds. The molecule has 32 heavy (non-hydrogen) atoms. The highest BCUT2D eigenvalue weighted by Gasteiger charge is 2.40. The summed E-state index contributed by atoms with van der Waals surface area (Å²) in [5, 5.41) is 0. The van der Waals surface area contributed by atoms with Gasteiger partial charge in [0.05, 0.1) is 0 Å². The predicted octanol–water partition coefficient (Wildman–Crippen LogP) is 4.69. The second-order valence-electron chi connectivity index (χ2n) is 8.89. The van der Waals surface area contributed by atoms with Crippen LogP contribution in [0.4, 0.5) is 5.69 Å². The number of nitrogens with zero attached hydrogens (tertiary/aromatic N) is 3.